The quantitative estimate of drug-likeness (QED) is 0.671. The first-order chi connectivity index (χ1) is 12.4. The van der Waals surface area contributed by atoms with Gasteiger partial charge in [0.15, 0.2) is 15.0 Å². The highest BCUT2D eigenvalue weighted by Crippen LogP contribution is 2.27. The highest BCUT2D eigenvalue weighted by Gasteiger charge is 2.18. The molecule has 7 heteroatoms. The van der Waals surface area contributed by atoms with Gasteiger partial charge in [-0.2, -0.15) is 0 Å². The van der Waals surface area contributed by atoms with Gasteiger partial charge in [-0.15, -0.1) is 0 Å². The van der Waals surface area contributed by atoms with E-state index in [0.717, 1.165) is 21.3 Å². The lowest BCUT2D eigenvalue weighted by Crippen LogP contribution is -2.24. The average molecular weight is 389 g/mol. The Morgan fingerprint density at radius 2 is 1.88 bits per heavy atom. The summed E-state index contributed by atoms with van der Waals surface area (Å²) in [4.78, 5) is 16.5. The highest BCUT2D eigenvalue weighted by atomic mass is 32.2. The molecule has 0 atom stereocenters. The number of amides is 1. The van der Waals surface area contributed by atoms with Crippen molar-refractivity contribution in [2.45, 2.75) is 19.8 Å². The molecular formula is C19H20N2O3S2. The molecule has 1 N–H and O–H groups in total. The van der Waals surface area contributed by atoms with Crippen LogP contribution in [0.15, 0.2) is 48.5 Å². The van der Waals surface area contributed by atoms with Gasteiger partial charge in [0.1, 0.15) is 5.75 Å². The van der Waals surface area contributed by atoms with E-state index in [9.17, 15) is 13.2 Å². The molecule has 1 aromatic heterocycles. The van der Waals surface area contributed by atoms with Crippen molar-refractivity contribution < 1.29 is 13.2 Å². The fourth-order valence-electron chi connectivity index (χ4n) is 2.71. The molecule has 5 nitrogen and oxygen atoms in total. The maximum absolute atomic E-state index is 12.2. The number of rotatable bonds is 7. The van der Waals surface area contributed by atoms with E-state index < -0.39 is 21.5 Å². The van der Waals surface area contributed by atoms with Crippen LogP contribution < -0.4 is 5.32 Å². The Bertz CT molecular complexity index is 1010. The van der Waals surface area contributed by atoms with Crippen LogP contribution in [0.3, 0.4) is 0 Å². The van der Waals surface area contributed by atoms with E-state index >= 15 is 0 Å². The van der Waals surface area contributed by atoms with Crippen LogP contribution in [0.1, 0.15) is 17.5 Å². The summed E-state index contributed by atoms with van der Waals surface area (Å²) < 4.78 is 25.3. The van der Waals surface area contributed by atoms with Crippen molar-refractivity contribution in [3.8, 4) is 0 Å². The summed E-state index contributed by atoms with van der Waals surface area (Å²) in [5.74, 6) is -1.06. The second kappa shape index (κ2) is 7.97. The number of thiazole rings is 1. The van der Waals surface area contributed by atoms with Gasteiger partial charge in [0.05, 0.1) is 16.0 Å². The molecule has 0 unspecified atom stereocenters. The van der Waals surface area contributed by atoms with E-state index in [1.54, 1.807) is 0 Å². The number of benzene rings is 2. The van der Waals surface area contributed by atoms with Crippen molar-refractivity contribution >= 4 is 42.4 Å². The minimum Gasteiger partial charge on any atom is -0.301 e. The van der Waals surface area contributed by atoms with E-state index in [1.165, 1.54) is 11.3 Å². The Kier molecular flexibility index (Phi) is 5.68. The summed E-state index contributed by atoms with van der Waals surface area (Å²) in [7, 11) is -3.44. The third-order valence-corrected chi connectivity index (χ3v) is 6.53. The van der Waals surface area contributed by atoms with Crippen molar-refractivity contribution in [2.24, 2.45) is 0 Å². The van der Waals surface area contributed by atoms with Crippen LogP contribution in [0.25, 0.3) is 10.2 Å². The molecule has 0 bridgehead atoms. The van der Waals surface area contributed by atoms with Gasteiger partial charge in [-0.1, -0.05) is 53.8 Å². The van der Waals surface area contributed by atoms with Crippen LogP contribution in [0.4, 0.5) is 5.13 Å². The van der Waals surface area contributed by atoms with Gasteiger partial charge < -0.3 is 5.32 Å². The van der Waals surface area contributed by atoms with Crippen molar-refractivity contribution in [3.05, 3.63) is 59.7 Å². The molecule has 0 spiro atoms. The summed E-state index contributed by atoms with van der Waals surface area (Å²) in [5.41, 5.74) is 2.95. The molecule has 0 aliphatic heterocycles. The van der Waals surface area contributed by atoms with Crippen molar-refractivity contribution in [3.63, 3.8) is 0 Å². The lowest BCUT2D eigenvalue weighted by atomic mass is 10.1. The fraction of sp³-hybridized carbons (Fsp3) is 0.263. The summed E-state index contributed by atoms with van der Waals surface area (Å²) in [5, 5.41) is 3.04. The molecule has 0 aliphatic rings. The molecule has 1 amide bonds. The molecular weight excluding hydrogens is 368 g/mol. The Hall–Kier alpha value is -2.25. The topological polar surface area (TPSA) is 76.1 Å². The Morgan fingerprint density at radius 3 is 2.62 bits per heavy atom. The van der Waals surface area contributed by atoms with Crippen molar-refractivity contribution in [2.75, 3.05) is 16.8 Å². The average Bonchev–Trinajstić information content (AvgIpc) is 2.99. The largest absolute Gasteiger partial charge is 0.301 e. The van der Waals surface area contributed by atoms with Gasteiger partial charge in [-0.3, -0.25) is 4.79 Å². The zero-order chi connectivity index (χ0) is 18.6. The zero-order valence-corrected chi connectivity index (χ0v) is 16.1. The minimum absolute atomic E-state index is 0.00569. The van der Waals surface area contributed by atoms with Gasteiger partial charge in [-0.05, 0) is 37.0 Å². The molecule has 0 radical (unpaired) electrons. The Labute approximate surface area is 157 Å². The monoisotopic (exact) mass is 388 g/mol. The van der Waals surface area contributed by atoms with Gasteiger partial charge >= 0.3 is 0 Å². The smallest absolute Gasteiger partial charge is 0.241 e. The molecule has 0 aliphatic carbocycles. The summed E-state index contributed by atoms with van der Waals surface area (Å²) in [6.45, 7) is 1.95. The number of sulfone groups is 1. The molecule has 0 fully saturated rings. The van der Waals surface area contributed by atoms with Crippen LogP contribution in [-0.4, -0.2) is 30.8 Å². The normalized spacial score (nSPS) is 11.6. The van der Waals surface area contributed by atoms with Crippen LogP contribution in [0.5, 0.6) is 0 Å². The number of aryl methyl sites for hydroxylation is 2. The standard InChI is InChI=1S/C19H20N2O3S2/c1-14-7-5-11-16-18(14)21-19(25-16)20-17(22)13-26(23,24)12-6-10-15-8-3-2-4-9-15/h2-5,7-9,11H,6,10,12-13H2,1H3,(H,20,21,22). The molecule has 3 rings (SSSR count). The van der Waals surface area contributed by atoms with E-state index in [2.05, 4.69) is 10.3 Å². The molecule has 2 aromatic carbocycles. The number of carbonyl (C=O) groups is 1. The van der Waals surface area contributed by atoms with E-state index in [4.69, 9.17) is 0 Å². The number of hydrogen-bond acceptors (Lipinski definition) is 5. The van der Waals surface area contributed by atoms with Gasteiger partial charge in [-0.25, -0.2) is 13.4 Å². The third kappa shape index (κ3) is 4.89. The predicted octanol–water partition coefficient (Wildman–Crippen LogP) is 3.59. The van der Waals surface area contributed by atoms with Crippen molar-refractivity contribution in [1.82, 2.24) is 4.98 Å². The molecule has 3 aromatic rings. The number of aromatic nitrogens is 1. The van der Waals surface area contributed by atoms with Crippen LogP contribution in [0, 0.1) is 6.92 Å². The first kappa shape index (κ1) is 18.5. The Balaban J connectivity index is 1.55. The predicted molar refractivity (Wildman–Crippen MR) is 106 cm³/mol. The second-order valence-electron chi connectivity index (χ2n) is 6.17. The fourth-order valence-corrected chi connectivity index (χ4v) is 4.87. The molecule has 136 valence electrons. The molecule has 26 heavy (non-hydrogen) atoms. The first-order valence-electron chi connectivity index (χ1n) is 8.33. The number of nitrogens with zero attached hydrogens (tertiary/aromatic N) is 1. The molecule has 1 heterocycles. The van der Waals surface area contributed by atoms with Gasteiger partial charge in [0.25, 0.3) is 0 Å². The lowest BCUT2D eigenvalue weighted by molar-refractivity contribution is -0.113. The molecule has 0 saturated heterocycles. The maximum atomic E-state index is 12.2. The minimum atomic E-state index is -3.44. The zero-order valence-electron chi connectivity index (χ0n) is 14.4. The summed E-state index contributed by atoms with van der Waals surface area (Å²) in [6.07, 6.45) is 1.18. The van der Waals surface area contributed by atoms with Crippen molar-refractivity contribution in [1.29, 1.82) is 0 Å². The van der Waals surface area contributed by atoms with Crippen LogP contribution in [0.2, 0.25) is 0 Å². The summed E-state index contributed by atoms with van der Waals surface area (Å²) in [6, 6.07) is 15.5. The number of hydrogen-bond donors (Lipinski definition) is 1. The number of carbonyl (C=O) groups excluding carboxylic acids is 1. The second-order valence-corrected chi connectivity index (χ2v) is 9.38. The SMILES string of the molecule is Cc1cccc2sc(NC(=O)CS(=O)(=O)CCCc3ccccc3)nc12. The number of anilines is 1. The lowest BCUT2D eigenvalue weighted by Gasteiger charge is -2.05. The number of fused-ring (bicyclic) bond motifs is 1. The third-order valence-electron chi connectivity index (χ3n) is 3.98. The van der Waals surface area contributed by atoms with Crippen LogP contribution in [-0.2, 0) is 21.1 Å². The van der Waals surface area contributed by atoms with Gasteiger partial charge in [0.2, 0.25) is 5.91 Å². The molecule has 0 saturated carbocycles. The highest BCUT2D eigenvalue weighted by molar-refractivity contribution is 7.92. The number of nitrogens with one attached hydrogen (secondary N) is 1. The van der Waals surface area contributed by atoms with E-state index in [0.29, 0.717) is 18.0 Å². The first-order valence-corrected chi connectivity index (χ1v) is 11.0. The maximum Gasteiger partial charge on any atom is 0.241 e. The summed E-state index contributed by atoms with van der Waals surface area (Å²) >= 11 is 1.34. The Morgan fingerprint density at radius 1 is 1.12 bits per heavy atom. The van der Waals surface area contributed by atoms with Crippen LogP contribution >= 0.6 is 11.3 Å². The van der Waals surface area contributed by atoms with E-state index in [-0.39, 0.29) is 5.75 Å². The van der Waals surface area contributed by atoms with Gasteiger partial charge in [0, 0.05) is 0 Å². The number of para-hydroxylation sites is 1. The van der Waals surface area contributed by atoms with E-state index in [1.807, 2.05) is 55.5 Å².